The minimum Gasteiger partial charge on any atom is -0.497 e. The largest absolute Gasteiger partial charge is 0.497 e. The molecule has 1 atom stereocenters. The summed E-state index contributed by atoms with van der Waals surface area (Å²) in [5.41, 5.74) is 2.99. The molecule has 26 heavy (non-hydrogen) atoms. The Morgan fingerprint density at radius 1 is 1.15 bits per heavy atom. The van der Waals surface area contributed by atoms with Crippen LogP contribution in [0.15, 0.2) is 48.5 Å². The maximum Gasteiger partial charge on any atom is 0.232 e. The monoisotopic (exact) mass is 350 g/mol. The Hall–Kier alpha value is -2.82. The van der Waals surface area contributed by atoms with Gasteiger partial charge in [-0.3, -0.25) is 9.59 Å². The predicted octanol–water partition coefficient (Wildman–Crippen LogP) is 3.03. The second kappa shape index (κ2) is 6.83. The van der Waals surface area contributed by atoms with Gasteiger partial charge in [-0.05, 0) is 36.6 Å². The van der Waals surface area contributed by atoms with Gasteiger partial charge in [0, 0.05) is 37.0 Å². The van der Waals surface area contributed by atoms with Crippen LogP contribution in [-0.4, -0.2) is 32.0 Å². The molecule has 1 fully saturated rings. The SMILES string of the molecule is COc1cccc(N2C[C@@H](C(=O)N3CCCc4ccccc43)CC2=O)c1. The molecule has 0 bridgehead atoms. The standard InChI is InChI=1S/C21H22N2O3/c1-26-18-9-4-8-17(13-18)23-14-16(12-20(23)24)21(25)22-11-5-7-15-6-2-3-10-19(15)22/h2-4,6,8-10,13,16H,5,7,11-12,14H2,1H3/t16-/m0/s1. The molecule has 2 aliphatic rings. The Morgan fingerprint density at radius 2 is 2.00 bits per heavy atom. The summed E-state index contributed by atoms with van der Waals surface area (Å²) in [5.74, 6) is 0.438. The number of rotatable bonds is 3. The van der Waals surface area contributed by atoms with E-state index in [0.717, 1.165) is 30.8 Å². The van der Waals surface area contributed by atoms with Crippen molar-refractivity contribution in [2.45, 2.75) is 19.3 Å². The molecule has 0 saturated carbocycles. The molecule has 4 rings (SSSR count). The van der Waals surface area contributed by atoms with Crippen molar-refractivity contribution in [3.63, 3.8) is 0 Å². The van der Waals surface area contributed by atoms with Gasteiger partial charge < -0.3 is 14.5 Å². The quantitative estimate of drug-likeness (QED) is 0.855. The van der Waals surface area contributed by atoms with Crippen LogP contribution in [0.2, 0.25) is 0 Å². The van der Waals surface area contributed by atoms with E-state index in [1.54, 1.807) is 12.0 Å². The first-order chi connectivity index (χ1) is 12.7. The summed E-state index contributed by atoms with van der Waals surface area (Å²) in [6.45, 7) is 1.14. The molecule has 2 amide bonds. The number of methoxy groups -OCH3 is 1. The highest BCUT2D eigenvalue weighted by atomic mass is 16.5. The van der Waals surface area contributed by atoms with Crippen LogP contribution in [0.25, 0.3) is 0 Å². The summed E-state index contributed by atoms with van der Waals surface area (Å²) < 4.78 is 5.25. The Morgan fingerprint density at radius 3 is 2.85 bits per heavy atom. The van der Waals surface area contributed by atoms with E-state index in [2.05, 4.69) is 6.07 Å². The first kappa shape index (κ1) is 16.6. The zero-order chi connectivity index (χ0) is 18.1. The third-order valence-electron chi connectivity index (χ3n) is 5.22. The first-order valence-corrected chi connectivity index (χ1v) is 9.01. The van der Waals surface area contributed by atoms with E-state index >= 15 is 0 Å². The predicted molar refractivity (Wildman–Crippen MR) is 101 cm³/mol. The van der Waals surface area contributed by atoms with Crippen LogP contribution in [0.5, 0.6) is 5.75 Å². The minimum absolute atomic E-state index is 0.0121. The number of carbonyl (C=O) groups is 2. The number of carbonyl (C=O) groups excluding carboxylic acids is 2. The number of hydrogen-bond donors (Lipinski definition) is 0. The van der Waals surface area contributed by atoms with Gasteiger partial charge in [-0.2, -0.15) is 0 Å². The second-order valence-corrected chi connectivity index (χ2v) is 6.83. The second-order valence-electron chi connectivity index (χ2n) is 6.83. The van der Waals surface area contributed by atoms with Gasteiger partial charge in [-0.1, -0.05) is 24.3 Å². The van der Waals surface area contributed by atoms with Gasteiger partial charge in [0.15, 0.2) is 0 Å². The van der Waals surface area contributed by atoms with Crippen LogP contribution in [-0.2, 0) is 16.0 Å². The van der Waals surface area contributed by atoms with E-state index in [-0.39, 0.29) is 24.2 Å². The highest BCUT2D eigenvalue weighted by Crippen LogP contribution is 2.32. The van der Waals surface area contributed by atoms with Gasteiger partial charge in [0.05, 0.1) is 13.0 Å². The molecule has 134 valence electrons. The summed E-state index contributed by atoms with van der Waals surface area (Å²) in [6.07, 6.45) is 2.22. The van der Waals surface area contributed by atoms with Crippen molar-refractivity contribution in [2.75, 3.05) is 30.0 Å². The third kappa shape index (κ3) is 2.94. The highest BCUT2D eigenvalue weighted by Gasteiger charge is 2.38. The Balaban J connectivity index is 1.55. The van der Waals surface area contributed by atoms with E-state index in [9.17, 15) is 9.59 Å². The zero-order valence-corrected chi connectivity index (χ0v) is 14.9. The van der Waals surface area contributed by atoms with Crippen molar-refractivity contribution in [3.05, 3.63) is 54.1 Å². The number of aryl methyl sites for hydroxylation is 1. The Kier molecular flexibility index (Phi) is 4.37. The number of fused-ring (bicyclic) bond motifs is 1. The van der Waals surface area contributed by atoms with E-state index in [1.165, 1.54) is 5.56 Å². The lowest BCUT2D eigenvalue weighted by molar-refractivity contribution is -0.124. The lowest BCUT2D eigenvalue weighted by atomic mass is 9.99. The number of benzene rings is 2. The molecule has 2 aromatic carbocycles. The Bertz CT molecular complexity index is 849. The molecule has 0 aliphatic carbocycles. The molecule has 0 radical (unpaired) electrons. The molecule has 0 N–H and O–H groups in total. The van der Waals surface area contributed by atoms with Crippen molar-refractivity contribution >= 4 is 23.2 Å². The molecule has 0 unspecified atom stereocenters. The van der Waals surface area contributed by atoms with Gasteiger partial charge in [0.2, 0.25) is 11.8 Å². The van der Waals surface area contributed by atoms with E-state index in [1.807, 2.05) is 47.4 Å². The molecule has 1 saturated heterocycles. The molecule has 2 aliphatic heterocycles. The van der Waals surface area contributed by atoms with Crippen LogP contribution in [0, 0.1) is 5.92 Å². The number of anilines is 2. The minimum atomic E-state index is -0.306. The van der Waals surface area contributed by atoms with Crippen LogP contribution in [0.1, 0.15) is 18.4 Å². The summed E-state index contributed by atoms with van der Waals surface area (Å²) in [5, 5.41) is 0. The maximum atomic E-state index is 13.1. The van der Waals surface area contributed by atoms with Crippen molar-refractivity contribution in [3.8, 4) is 5.75 Å². The van der Waals surface area contributed by atoms with E-state index in [0.29, 0.717) is 12.3 Å². The number of hydrogen-bond acceptors (Lipinski definition) is 3. The average molecular weight is 350 g/mol. The fraction of sp³-hybridized carbons (Fsp3) is 0.333. The average Bonchev–Trinajstić information content (AvgIpc) is 3.08. The third-order valence-corrected chi connectivity index (χ3v) is 5.22. The summed E-state index contributed by atoms with van der Waals surface area (Å²) in [7, 11) is 1.60. The number of nitrogens with zero attached hydrogens (tertiary/aromatic N) is 2. The van der Waals surface area contributed by atoms with Crippen LogP contribution >= 0.6 is 0 Å². The Labute approximate surface area is 153 Å². The zero-order valence-electron chi connectivity index (χ0n) is 14.9. The number of amides is 2. The summed E-state index contributed by atoms with van der Waals surface area (Å²) >= 11 is 0. The fourth-order valence-electron chi connectivity index (χ4n) is 3.88. The summed E-state index contributed by atoms with van der Waals surface area (Å²) in [6, 6.07) is 15.5. The van der Waals surface area contributed by atoms with Crippen molar-refractivity contribution in [1.29, 1.82) is 0 Å². The van der Waals surface area contributed by atoms with Crippen LogP contribution in [0.4, 0.5) is 11.4 Å². The topological polar surface area (TPSA) is 49.9 Å². The normalized spacial score (nSPS) is 19.4. The van der Waals surface area contributed by atoms with E-state index in [4.69, 9.17) is 4.74 Å². The molecule has 5 nitrogen and oxygen atoms in total. The van der Waals surface area contributed by atoms with Gasteiger partial charge in [0.1, 0.15) is 5.75 Å². The highest BCUT2D eigenvalue weighted by molar-refractivity contribution is 6.04. The van der Waals surface area contributed by atoms with Crippen LogP contribution in [0.3, 0.4) is 0 Å². The van der Waals surface area contributed by atoms with E-state index < -0.39 is 0 Å². The fourth-order valence-corrected chi connectivity index (χ4v) is 3.88. The molecule has 0 aromatic heterocycles. The maximum absolute atomic E-state index is 13.1. The molecule has 2 heterocycles. The van der Waals surface area contributed by atoms with Crippen molar-refractivity contribution < 1.29 is 14.3 Å². The van der Waals surface area contributed by atoms with Gasteiger partial charge >= 0.3 is 0 Å². The number of para-hydroxylation sites is 1. The smallest absolute Gasteiger partial charge is 0.232 e. The summed E-state index contributed by atoms with van der Waals surface area (Å²) in [4.78, 5) is 29.2. The lowest BCUT2D eigenvalue weighted by Gasteiger charge is -2.31. The lowest BCUT2D eigenvalue weighted by Crippen LogP contribution is -2.40. The number of ether oxygens (including phenoxy) is 1. The molecule has 5 heteroatoms. The van der Waals surface area contributed by atoms with Crippen LogP contribution < -0.4 is 14.5 Å². The van der Waals surface area contributed by atoms with Crippen molar-refractivity contribution in [2.24, 2.45) is 5.92 Å². The molecule has 0 spiro atoms. The molecular formula is C21H22N2O3. The molecular weight excluding hydrogens is 328 g/mol. The first-order valence-electron chi connectivity index (χ1n) is 9.01. The van der Waals surface area contributed by atoms with Gasteiger partial charge in [-0.25, -0.2) is 0 Å². The van der Waals surface area contributed by atoms with Gasteiger partial charge in [-0.15, -0.1) is 0 Å². The van der Waals surface area contributed by atoms with Crippen molar-refractivity contribution in [1.82, 2.24) is 0 Å². The van der Waals surface area contributed by atoms with Gasteiger partial charge in [0.25, 0.3) is 0 Å². The molecule has 2 aromatic rings.